The van der Waals surface area contributed by atoms with Crippen LogP contribution in [-0.4, -0.2) is 64.3 Å². The highest BCUT2D eigenvalue weighted by molar-refractivity contribution is 5.93. The van der Waals surface area contributed by atoms with E-state index in [9.17, 15) is 19.6 Å². The minimum absolute atomic E-state index is 0.0522. The molecule has 0 aliphatic carbocycles. The second-order valence-corrected chi connectivity index (χ2v) is 9.06. The first-order chi connectivity index (χ1) is 16.5. The molecule has 1 aromatic heterocycles. The van der Waals surface area contributed by atoms with Gasteiger partial charge in [0, 0.05) is 35.6 Å². The quantitative estimate of drug-likeness (QED) is 0.604. The summed E-state index contributed by atoms with van der Waals surface area (Å²) in [6.07, 6.45) is 5.14. The van der Waals surface area contributed by atoms with E-state index in [1.807, 2.05) is 23.1 Å². The molecule has 2 aliphatic heterocycles. The summed E-state index contributed by atoms with van der Waals surface area (Å²) in [6, 6.07) is 7.46. The van der Waals surface area contributed by atoms with Gasteiger partial charge in [-0.25, -0.2) is 0 Å². The minimum atomic E-state index is -0.582. The zero-order valence-electron chi connectivity index (χ0n) is 19.9. The Hall–Kier alpha value is -3.34. The average Bonchev–Trinajstić information content (AvgIpc) is 3.54. The maximum absolute atomic E-state index is 13.4. The average molecular weight is 465 g/mol. The summed E-state index contributed by atoms with van der Waals surface area (Å²) in [6.45, 7) is 4.62. The number of hydrogen-bond acceptors (Lipinski definition) is 5. The third kappa shape index (κ3) is 4.65. The predicted octanol–water partition coefficient (Wildman–Crippen LogP) is 3.08. The maximum atomic E-state index is 13.4. The first-order valence-corrected chi connectivity index (χ1v) is 12.3. The molecule has 34 heavy (non-hydrogen) atoms. The molecule has 2 atom stereocenters. The smallest absolute Gasteiger partial charge is 0.325 e. The van der Waals surface area contributed by atoms with Crippen molar-refractivity contribution in [1.82, 2.24) is 14.8 Å². The lowest BCUT2D eigenvalue weighted by Gasteiger charge is -2.31. The molecule has 4 rings (SSSR count). The van der Waals surface area contributed by atoms with Crippen LogP contribution in [0.25, 0.3) is 10.9 Å². The van der Waals surface area contributed by atoms with Crippen molar-refractivity contribution in [3.63, 3.8) is 0 Å². The fourth-order valence-corrected chi connectivity index (χ4v) is 5.46. The van der Waals surface area contributed by atoms with Gasteiger partial charge in [-0.2, -0.15) is 5.26 Å². The molecule has 0 bridgehead atoms. The summed E-state index contributed by atoms with van der Waals surface area (Å²) < 4.78 is 5.00. The van der Waals surface area contributed by atoms with Crippen molar-refractivity contribution in [3.05, 3.63) is 35.0 Å². The van der Waals surface area contributed by atoms with Crippen LogP contribution >= 0.6 is 0 Å². The van der Waals surface area contributed by atoms with E-state index in [0.29, 0.717) is 18.5 Å². The van der Waals surface area contributed by atoms with Crippen LogP contribution in [0, 0.1) is 11.3 Å². The number of carbonyl (C=O) groups excluding carboxylic acids is 3. The lowest BCUT2D eigenvalue weighted by molar-refractivity contribution is -0.151. The molecule has 0 unspecified atom stereocenters. The molecule has 2 amide bonds. The molecule has 2 saturated heterocycles. The Morgan fingerprint density at radius 1 is 1.26 bits per heavy atom. The number of aromatic amines is 1. The number of fused-ring (bicyclic) bond motifs is 1. The maximum Gasteiger partial charge on any atom is 0.325 e. The zero-order chi connectivity index (χ0) is 24.2. The Morgan fingerprint density at radius 3 is 2.82 bits per heavy atom. The Bertz CT molecular complexity index is 1130. The number of H-pyrrole nitrogens is 1. The first-order valence-electron chi connectivity index (χ1n) is 12.3. The topological polar surface area (TPSA) is 106 Å². The second kappa shape index (κ2) is 10.3. The van der Waals surface area contributed by atoms with E-state index in [1.54, 1.807) is 6.92 Å². The van der Waals surface area contributed by atoms with Crippen molar-refractivity contribution in [1.29, 1.82) is 5.26 Å². The number of likely N-dealkylation sites (tertiary alicyclic amines) is 2. The van der Waals surface area contributed by atoms with Crippen molar-refractivity contribution >= 4 is 28.7 Å². The standard InChI is InChI=1S/C26H32N4O4/c1-3-19-20-9-7-17(15-27)14-22(20)28-21(19)10-8-18-6-5-13-29(18)26(33)23-11-12-24(31)30(23)16-25(32)34-4-2/h7,9,14,18,23,28H,3-6,8,10-13,16H2,1-2H3/t18-,23+/m0/s1. The van der Waals surface area contributed by atoms with Crippen LogP contribution in [0.5, 0.6) is 0 Å². The number of aryl methyl sites for hydroxylation is 2. The molecule has 1 N–H and O–H groups in total. The van der Waals surface area contributed by atoms with Crippen LogP contribution in [-0.2, 0) is 32.0 Å². The van der Waals surface area contributed by atoms with E-state index >= 15 is 0 Å². The number of amides is 2. The first kappa shape index (κ1) is 23.8. The molecular weight excluding hydrogens is 432 g/mol. The Morgan fingerprint density at radius 2 is 2.09 bits per heavy atom. The number of nitriles is 1. The summed E-state index contributed by atoms with van der Waals surface area (Å²) in [4.78, 5) is 44.6. The van der Waals surface area contributed by atoms with E-state index in [4.69, 9.17) is 4.74 Å². The summed E-state index contributed by atoms with van der Waals surface area (Å²) >= 11 is 0. The lowest BCUT2D eigenvalue weighted by Crippen LogP contribution is -2.50. The molecular formula is C26H32N4O4. The second-order valence-electron chi connectivity index (χ2n) is 9.06. The van der Waals surface area contributed by atoms with Gasteiger partial charge in [-0.15, -0.1) is 0 Å². The normalized spacial score (nSPS) is 20.2. The molecule has 2 aliphatic rings. The fourth-order valence-electron chi connectivity index (χ4n) is 5.46. The Labute approximate surface area is 199 Å². The Balaban J connectivity index is 1.46. The van der Waals surface area contributed by atoms with Gasteiger partial charge in [0.25, 0.3) is 0 Å². The van der Waals surface area contributed by atoms with Gasteiger partial charge in [-0.3, -0.25) is 14.4 Å². The van der Waals surface area contributed by atoms with Crippen LogP contribution in [0.3, 0.4) is 0 Å². The lowest BCUT2D eigenvalue weighted by atomic mass is 10.0. The number of ether oxygens (including phenoxy) is 1. The van der Waals surface area contributed by atoms with Crippen molar-refractivity contribution < 1.29 is 19.1 Å². The largest absolute Gasteiger partial charge is 0.465 e. The fraction of sp³-hybridized carbons (Fsp3) is 0.538. The Kier molecular flexibility index (Phi) is 7.20. The number of nitrogens with zero attached hydrogens (tertiary/aromatic N) is 3. The van der Waals surface area contributed by atoms with E-state index in [0.717, 1.165) is 48.7 Å². The van der Waals surface area contributed by atoms with Gasteiger partial charge in [0.15, 0.2) is 0 Å². The molecule has 0 radical (unpaired) electrons. The zero-order valence-corrected chi connectivity index (χ0v) is 19.9. The van der Waals surface area contributed by atoms with Gasteiger partial charge in [0.2, 0.25) is 11.8 Å². The van der Waals surface area contributed by atoms with Gasteiger partial charge in [0.05, 0.1) is 18.2 Å². The van der Waals surface area contributed by atoms with E-state index in [2.05, 4.69) is 18.0 Å². The monoisotopic (exact) mass is 464 g/mol. The minimum Gasteiger partial charge on any atom is -0.465 e. The molecule has 1 aromatic carbocycles. The number of hydrogen-bond donors (Lipinski definition) is 1. The van der Waals surface area contributed by atoms with E-state index in [1.165, 1.54) is 10.5 Å². The van der Waals surface area contributed by atoms with Crippen LogP contribution in [0.2, 0.25) is 0 Å². The van der Waals surface area contributed by atoms with E-state index < -0.39 is 12.0 Å². The molecule has 0 saturated carbocycles. The third-order valence-electron chi connectivity index (χ3n) is 7.08. The number of aromatic nitrogens is 1. The number of carbonyl (C=O) groups is 3. The summed E-state index contributed by atoms with van der Waals surface area (Å²) in [5, 5.41) is 10.4. The SMILES string of the molecule is CCOC(=O)CN1C(=O)CC[C@@H]1C(=O)N1CCC[C@H]1CCc1[nH]c2cc(C#N)ccc2c1CC. The van der Waals surface area contributed by atoms with Crippen molar-refractivity contribution in [2.45, 2.75) is 70.9 Å². The number of nitrogens with one attached hydrogen (secondary N) is 1. The predicted molar refractivity (Wildman–Crippen MR) is 127 cm³/mol. The molecule has 8 heteroatoms. The van der Waals surface area contributed by atoms with Crippen LogP contribution in [0.1, 0.15) is 62.8 Å². The summed E-state index contributed by atoms with van der Waals surface area (Å²) in [7, 11) is 0. The highest BCUT2D eigenvalue weighted by Crippen LogP contribution is 2.30. The number of benzene rings is 1. The van der Waals surface area contributed by atoms with Gasteiger partial charge < -0.3 is 19.5 Å². The number of esters is 1. The van der Waals surface area contributed by atoms with Gasteiger partial charge in [-0.1, -0.05) is 13.0 Å². The highest BCUT2D eigenvalue weighted by atomic mass is 16.5. The highest BCUT2D eigenvalue weighted by Gasteiger charge is 2.42. The molecule has 2 aromatic rings. The van der Waals surface area contributed by atoms with E-state index in [-0.39, 0.29) is 37.4 Å². The third-order valence-corrected chi connectivity index (χ3v) is 7.08. The summed E-state index contributed by atoms with van der Waals surface area (Å²) in [5.74, 6) is -0.688. The molecule has 2 fully saturated rings. The molecule has 0 spiro atoms. The van der Waals surface area contributed by atoms with Crippen LogP contribution in [0.4, 0.5) is 0 Å². The van der Waals surface area contributed by atoms with Gasteiger partial charge in [0.1, 0.15) is 12.6 Å². The van der Waals surface area contributed by atoms with Gasteiger partial charge in [-0.05, 0) is 63.1 Å². The number of rotatable bonds is 8. The molecule has 180 valence electrons. The van der Waals surface area contributed by atoms with Crippen LogP contribution < -0.4 is 0 Å². The molecule has 8 nitrogen and oxygen atoms in total. The van der Waals surface area contributed by atoms with Crippen molar-refractivity contribution in [2.75, 3.05) is 19.7 Å². The summed E-state index contributed by atoms with van der Waals surface area (Å²) in [5.41, 5.74) is 4.03. The van der Waals surface area contributed by atoms with Crippen molar-refractivity contribution in [3.8, 4) is 6.07 Å². The van der Waals surface area contributed by atoms with Crippen LogP contribution in [0.15, 0.2) is 18.2 Å². The molecule has 3 heterocycles. The van der Waals surface area contributed by atoms with Gasteiger partial charge >= 0.3 is 5.97 Å². The van der Waals surface area contributed by atoms with Crippen molar-refractivity contribution in [2.24, 2.45) is 0 Å².